The van der Waals surface area contributed by atoms with Gasteiger partial charge < -0.3 is 10.1 Å². The fraction of sp³-hybridized carbons (Fsp3) is 0.0625. The largest absolute Gasteiger partial charge is 0.465 e. The predicted molar refractivity (Wildman–Crippen MR) is 91.2 cm³/mol. The fourth-order valence-corrected chi connectivity index (χ4v) is 3.51. The summed E-state index contributed by atoms with van der Waals surface area (Å²) in [5.74, 6) is -0.828. The molecule has 1 amide bonds. The Labute approximate surface area is 140 Å². The number of anilines is 1. The van der Waals surface area contributed by atoms with Crippen molar-refractivity contribution in [2.24, 2.45) is 0 Å². The first-order valence-corrected chi connectivity index (χ1v) is 8.43. The van der Waals surface area contributed by atoms with Crippen molar-refractivity contribution < 1.29 is 14.3 Å². The number of hydrogen-bond acceptors (Lipinski definition) is 6. The van der Waals surface area contributed by atoms with E-state index in [4.69, 9.17) is 4.74 Å². The molecule has 1 N–H and O–H groups in total. The Hall–Kier alpha value is -2.51. The first-order chi connectivity index (χ1) is 11.2. The maximum absolute atomic E-state index is 12.3. The van der Waals surface area contributed by atoms with Crippen molar-refractivity contribution in [2.45, 2.75) is 0 Å². The van der Waals surface area contributed by atoms with Gasteiger partial charge in [-0.2, -0.15) is 0 Å². The molecule has 0 radical (unpaired) electrons. The molecule has 1 aromatic carbocycles. The van der Waals surface area contributed by atoms with Crippen molar-refractivity contribution in [2.75, 3.05) is 12.4 Å². The number of benzene rings is 1. The Morgan fingerprint density at radius 3 is 2.65 bits per heavy atom. The third kappa shape index (κ3) is 3.30. The molecule has 116 valence electrons. The van der Waals surface area contributed by atoms with Crippen LogP contribution in [-0.2, 0) is 4.74 Å². The molecule has 0 bridgehead atoms. The molecule has 23 heavy (non-hydrogen) atoms. The highest BCUT2D eigenvalue weighted by Gasteiger charge is 2.18. The van der Waals surface area contributed by atoms with E-state index in [0.29, 0.717) is 16.3 Å². The Kier molecular flexibility index (Phi) is 4.50. The van der Waals surface area contributed by atoms with Gasteiger partial charge in [0, 0.05) is 10.9 Å². The van der Waals surface area contributed by atoms with E-state index in [-0.39, 0.29) is 5.91 Å². The minimum absolute atomic E-state index is 0.316. The second kappa shape index (κ2) is 6.72. The quantitative estimate of drug-likeness (QED) is 0.729. The number of methoxy groups -OCH3 is 1. The molecule has 0 saturated carbocycles. The van der Waals surface area contributed by atoms with Crippen LogP contribution in [0.1, 0.15) is 20.2 Å². The number of thiazole rings is 1. The Morgan fingerprint density at radius 1 is 1.13 bits per heavy atom. The van der Waals surface area contributed by atoms with E-state index in [1.807, 2.05) is 30.3 Å². The molecule has 0 saturated heterocycles. The number of nitrogens with zero attached hydrogens (tertiary/aromatic N) is 1. The number of hydrogen-bond donors (Lipinski definition) is 1. The third-order valence-electron chi connectivity index (χ3n) is 3.04. The summed E-state index contributed by atoms with van der Waals surface area (Å²) in [4.78, 5) is 28.6. The smallest absolute Gasteiger partial charge is 0.350 e. The van der Waals surface area contributed by atoms with Crippen LogP contribution in [0.15, 0.2) is 47.2 Å². The second-order valence-corrected chi connectivity index (χ2v) is 6.29. The molecule has 0 fully saturated rings. The van der Waals surface area contributed by atoms with Crippen molar-refractivity contribution >= 4 is 40.2 Å². The maximum Gasteiger partial charge on any atom is 0.350 e. The van der Waals surface area contributed by atoms with Gasteiger partial charge in [0.15, 0.2) is 0 Å². The lowest BCUT2D eigenvalue weighted by atomic mass is 10.2. The maximum atomic E-state index is 12.3. The number of carbonyl (C=O) groups is 2. The number of ether oxygens (including phenoxy) is 1. The molecule has 0 unspecified atom stereocenters. The molecular weight excluding hydrogens is 332 g/mol. The summed E-state index contributed by atoms with van der Waals surface area (Å²) in [5.41, 5.74) is 1.71. The van der Waals surface area contributed by atoms with Crippen molar-refractivity contribution in [3.63, 3.8) is 0 Å². The van der Waals surface area contributed by atoms with Crippen molar-refractivity contribution in [1.29, 1.82) is 0 Å². The van der Waals surface area contributed by atoms with Gasteiger partial charge in [0.05, 0.1) is 12.8 Å². The van der Waals surface area contributed by atoms with Gasteiger partial charge >= 0.3 is 5.97 Å². The topological polar surface area (TPSA) is 68.3 Å². The number of rotatable bonds is 4. The van der Waals surface area contributed by atoms with Crippen LogP contribution in [0.5, 0.6) is 0 Å². The molecular formula is C16H12N2O3S2. The van der Waals surface area contributed by atoms with Gasteiger partial charge in [0.1, 0.15) is 15.6 Å². The summed E-state index contributed by atoms with van der Waals surface area (Å²) in [6.07, 6.45) is 0. The van der Waals surface area contributed by atoms with Crippen LogP contribution in [-0.4, -0.2) is 24.0 Å². The van der Waals surface area contributed by atoms with Gasteiger partial charge in [-0.25, -0.2) is 9.78 Å². The molecule has 3 aromatic rings. The van der Waals surface area contributed by atoms with E-state index in [2.05, 4.69) is 10.3 Å². The highest BCUT2D eigenvalue weighted by atomic mass is 32.1. The van der Waals surface area contributed by atoms with Crippen LogP contribution in [0.25, 0.3) is 10.6 Å². The van der Waals surface area contributed by atoms with Crippen LogP contribution in [0.2, 0.25) is 0 Å². The van der Waals surface area contributed by atoms with E-state index >= 15 is 0 Å². The van der Waals surface area contributed by atoms with Crippen LogP contribution in [0, 0.1) is 0 Å². The minimum Gasteiger partial charge on any atom is -0.465 e. The second-order valence-electron chi connectivity index (χ2n) is 4.51. The van der Waals surface area contributed by atoms with Crippen molar-refractivity contribution in [3.8, 4) is 10.6 Å². The first-order valence-electron chi connectivity index (χ1n) is 6.67. The number of nitrogens with one attached hydrogen (secondary N) is 1. The van der Waals surface area contributed by atoms with Crippen LogP contribution >= 0.6 is 22.7 Å². The molecule has 7 heteroatoms. The zero-order valence-corrected chi connectivity index (χ0v) is 13.7. The number of esters is 1. The minimum atomic E-state index is -0.474. The van der Waals surface area contributed by atoms with Gasteiger partial charge in [-0.05, 0) is 11.4 Å². The van der Waals surface area contributed by atoms with Gasteiger partial charge in [-0.1, -0.05) is 30.3 Å². The Balaban J connectivity index is 1.79. The average molecular weight is 344 g/mol. The molecule has 2 heterocycles. The normalized spacial score (nSPS) is 10.3. The average Bonchev–Trinajstić information content (AvgIpc) is 3.24. The van der Waals surface area contributed by atoms with E-state index in [1.54, 1.807) is 16.8 Å². The highest BCUT2D eigenvalue weighted by Crippen LogP contribution is 2.26. The number of amides is 1. The molecule has 0 aliphatic heterocycles. The Morgan fingerprint density at radius 2 is 1.91 bits per heavy atom. The summed E-state index contributed by atoms with van der Waals surface area (Å²) in [6, 6.07) is 11.3. The third-order valence-corrected chi connectivity index (χ3v) is 4.83. The van der Waals surface area contributed by atoms with E-state index in [1.165, 1.54) is 29.8 Å². The molecule has 3 rings (SSSR count). The van der Waals surface area contributed by atoms with Crippen LogP contribution in [0.4, 0.5) is 5.69 Å². The number of carbonyl (C=O) groups excluding carboxylic acids is 2. The lowest BCUT2D eigenvalue weighted by Gasteiger charge is -2.03. The van der Waals surface area contributed by atoms with E-state index in [0.717, 1.165) is 10.6 Å². The summed E-state index contributed by atoms with van der Waals surface area (Å²) in [6.45, 7) is 0. The summed E-state index contributed by atoms with van der Waals surface area (Å²) in [7, 11) is 1.31. The van der Waals surface area contributed by atoms with Crippen LogP contribution < -0.4 is 5.32 Å². The van der Waals surface area contributed by atoms with E-state index in [9.17, 15) is 9.59 Å². The molecule has 0 spiro atoms. The standard InChI is InChI=1S/C16H12N2O3S2/c1-21-16(20)13-11(7-8-22-13)17-14(19)12-9-23-15(18-12)10-5-3-2-4-6-10/h2-9H,1H3,(H,17,19). The Bertz CT molecular complexity index is 840. The SMILES string of the molecule is COC(=O)c1sccc1NC(=O)c1csc(-c2ccccc2)n1. The van der Waals surface area contributed by atoms with E-state index < -0.39 is 5.97 Å². The number of aromatic nitrogens is 1. The van der Waals surface area contributed by atoms with Gasteiger partial charge in [-0.3, -0.25) is 4.79 Å². The summed E-state index contributed by atoms with van der Waals surface area (Å²) < 4.78 is 4.69. The number of thiophene rings is 1. The molecule has 0 aliphatic rings. The van der Waals surface area contributed by atoms with Crippen molar-refractivity contribution in [3.05, 3.63) is 57.7 Å². The molecule has 5 nitrogen and oxygen atoms in total. The highest BCUT2D eigenvalue weighted by molar-refractivity contribution is 7.13. The monoisotopic (exact) mass is 344 g/mol. The van der Waals surface area contributed by atoms with Gasteiger partial charge in [-0.15, -0.1) is 22.7 Å². The zero-order valence-electron chi connectivity index (χ0n) is 12.1. The van der Waals surface area contributed by atoms with Crippen LogP contribution in [0.3, 0.4) is 0 Å². The lowest BCUT2D eigenvalue weighted by Crippen LogP contribution is -2.14. The summed E-state index contributed by atoms with van der Waals surface area (Å²) in [5, 5.41) is 6.89. The lowest BCUT2D eigenvalue weighted by molar-refractivity contribution is 0.0607. The van der Waals surface area contributed by atoms with Gasteiger partial charge in [0.2, 0.25) is 0 Å². The van der Waals surface area contributed by atoms with Gasteiger partial charge in [0.25, 0.3) is 5.91 Å². The summed E-state index contributed by atoms with van der Waals surface area (Å²) >= 11 is 2.61. The first kappa shape index (κ1) is 15.4. The van der Waals surface area contributed by atoms with Crippen molar-refractivity contribution in [1.82, 2.24) is 4.98 Å². The zero-order chi connectivity index (χ0) is 16.2. The molecule has 0 aliphatic carbocycles. The fourth-order valence-electron chi connectivity index (χ4n) is 1.94. The predicted octanol–water partition coefficient (Wildman–Crippen LogP) is 3.91. The molecule has 2 aromatic heterocycles. The molecule has 0 atom stereocenters.